The molecule has 0 bridgehead atoms. The predicted molar refractivity (Wildman–Crippen MR) is 55.0 cm³/mol. The van der Waals surface area contributed by atoms with E-state index in [0.717, 1.165) is 0 Å². The van der Waals surface area contributed by atoms with E-state index in [1.807, 2.05) is 0 Å². The number of halogens is 1. The molecule has 0 saturated heterocycles. The lowest BCUT2D eigenvalue weighted by Crippen LogP contribution is -2.07. The molecule has 0 fully saturated rings. The van der Waals surface area contributed by atoms with Crippen LogP contribution in [0.2, 0.25) is 0 Å². The Hall–Kier alpha value is 0.720. The fraction of sp³-hybridized carbons (Fsp3) is 1.00. The van der Waals surface area contributed by atoms with Crippen LogP contribution in [0.15, 0.2) is 0 Å². The molecule has 0 spiro atoms. The van der Waals surface area contributed by atoms with E-state index < -0.39 is 0 Å². The third kappa shape index (κ3) is 11.5. The molecule has 0 aliphatic rings. The van der Waals surface area contributed by atoms with Crippen molar-refractivity contribution < 1.29 is 0 Å². The molecular weight excluding hydrogens is 163 g/mol. The molecule has 0 aliphatic heterocycles. The maximum atomic E-state index is 2.32. The highest BCUT2D eigenvalue weighted by molar-refractivity contribution is 7.38. The van der Waals surface area contributed by atoms with E-state index in [1.54, 1.807) is 0 Å². The SMILES string of the molecule is CCCPCC(C)(C)C.Cl. The molecule has 1 unspecified atom stereocenters. The first kappa shape index (κ1) is 13.3. The quantitative estimate of drug-likeness (QED) is 0.463. The highest BCUT2D eigenvalue weighted by atomic mass is 35.5. The molecule has 0 saturated carbocycles. The average Bonchev–Trinajstić information content (AvgIpc) is 1.63. The summed E-state index contributed by atoms with van der Waals surface area (Å²) in [5.74, 6) is 0. The maximum absolute atomic E-state index is 2.32. The molecule has 0 aromatic rings. The molecule has 0 radical (unpaired) electrons. The zero-order valence-corrected chi connectivity index (χ0v) is 9.35. The smallest absolute Gasteiger partial charge is 0.0304 e. The van der Waals surface area contributed by atoms with Crippen LogP contribution in [-0.4, -0.2) is 12.3 Å². The largest absolute Gasteiger partial charge is 0.147 e. The summed E-state index contributed by atoms with van der Waals surface area (Å²) in [6.45, 7) is 9.20. The Balaban J connectivity index is 0. The van der Waals surface area contributed by atoms with Crippen LogP contribution in [0.3, 0.4) is 0 Å². The number of hydrogen-bond acceptors (Lipinski definition) is 0. The van der Waals surface area contributed by atoms with Crippen LogP contribution >= 0.6 is 21.0 Å². The predicted octanol–water partition coefficient (Wildman–Crippen LogP) is 3.54. The van der Waals surface area contributed by atoms with Crippen molar-refractivity contribution in [3.8, 4) is 0 Å². The van der Waals surface area contributed by atoms with Gasteiger partial charge in [0.25, 0.3) is 0 Å². The third-order valence-corrected chi connectivity index (χ3v) is 3.25. The van der Waals surface area contributed by atoms with Gasteiger partial charge in [0.1, 0.15) is 0 Å². The third-order valence-electron chi connectivity index (χ3n) is 1.08. The standard InChI is InChI=1S/C8H19P.ClH/c1-5-6-9-7-8(2,3)4;/h9H,5-7H2,1-4H3;1H. The number of hydrogen-bond donors (Lipinski definition) is 0. The Morgan fingerprint density at radius 2 is 1.70 bits per heavy atom. The molecule has 0 aromatic heterocycles. The van der Waals surface area contributed by atoms with Gasteiger partial charge in [-0.15, -0.1) is 21.0 Å². The van der Waals surface area contributed by atoms with Crippen LogP contribution in [0, 0.1) is 5.41 Å². The van der Waals surface area contributed by atoms with Crippen molar-refractivity contribution in [2.75, 3.05) is 12.3 Å². The van der Waals surface area contributed by atoms with E-state index in [-0.39, 0.29) is 12.4 Å². The molecule has 64 valence electrons. The van der Waals surface area contributed by atoms with Gasteiger partial charge in [-0.3, -0.25) is 0 Å². The van der Waals surface area contributed by atoms with Gasteiger partial charge >= 0.3 is 0 Å². The molecule has 0 aliphatic carbocycles. The molecule has 0 amide bonds. The van der Waals surface area contributed by atoms with E-state index >= 15 is 0 Å². The fourth-order valence-electron chi connectivity index (χ4n) is 0.640. The highest BCUT2D eigenvalue weighted by Gasteiger charge is 2.07. The number of rotatable bonds is 3. The van der Waals surface area contributed by atoms with Crippen LogP contribution in [0.1, 0.15) is 34.1 Å². The van der Waals surface area contributed by atoms with Gasteiger partial charge in [0.2, 0.25) is 0 Å². The van der Waals surface area contributed by atoms with Crippen molar-refractivity contribution in [1.82, 2.24) is 0 Å². The summed E-state index contributed by atoms with van der Waals surface area (Å²) in [6, 6.07) is 0. The average molecular weight is 183 g/mol. The Morgan fingerprint density at radius 1 is 1.20 bits per heavy atom. The van der Waals surface area contributed by atoms with Crippen molar-refractivity contribution in [3.63, 3.8) is 0 Å². The molecule has 10 heavy (non-hydrogen) atoms. The lowest BCUT2D eigenvalue weighted by atomic mass is 10.0. The molecule has 0 rings (SSSR count). The minimum atomic E-state index is 0. The Labute approximate surface area is 73.4 Å². The Kier molecular flexibility index (Phi) is 8.57. The van der Waals surface area contributed by atoms with E-state index in [2.05, 4.69) is 27.7 Å². The van der Waals surface area contributed by atoms with E-state index in [1.165, 1.54) is 27.3 Å². The van der Waals surface area contributed by atoms with Gasteiger partial charge in [-0.05, 0) is 17.7 Å². The molecule has 0 heterocycles. The molecule has 1 atom stereocenters. The summed E-state index contributed by atoms with van der Waals surface area (Å²) in [6.07, 6.45) is 4.19. The minimum Gasteiger partial charge on any atom is -0.147 e. The van der Waals surface area contributed by atoms with Crippen molar-refractivity contribution in [2.45, 2.75) is 34.1 Å². The summed E-state index contributed by atoms with van der Waals surface area (Å²) in [5, 5.41) is 0. The van der Waals surface area contributed by atoms with Gasteiger partial charge in [-0.1, -0.05) is 34.1 Å². The monoisotopic (exact) mass is 182 g/mol. The summed E-state index contributed by atoms with van der Waals surface area (Å²) in [4.78, 5) is 0. The van der Waals surface area contributed by atoms with Crippen LogP contribution in [0.4, 0.5) is 0 Å². The highest BCUT2D eigenvalue weighted by Crippen LogP contribution is 2.24. The second-order valence-corrected chi connectivity index (χ2v) is 5.09. The zero-order valence-electron chi connectivity index (χ0n) is 7.53. The first-order chi connectivity index (χ1) is 4.06. The van der Waals surface area contributed by atoms with Gasteiger partial charge < -0.3 is 0 Å². The lowest BCUT2D eigenvalue weighted by Gasteiger charge is -2.16. The van der Waals surface area contributed by atoms with Crippen molar-refractivity contribution in [2.24, 2.45) is 5.41 Å². The molecule has 2 heteroatoms. The van der Waals surface area contributed by atoms with Gasteiger partial charge in [0.05, 0.1) is 0 Å². The topological polar surface area (TPSA) is 0 Å². The zero-order chi connectivity index (χ0) is 7.33. The van der Waals surface area contributed by atoms with Crippen molar-refractivity contribution in [3.05, 3.63) is 0 Å². The summed E-state index contributed by atoms with van der Waals surface area (Å²) in [5.41, 5.74) is 0.563. The summed E-state index contributed by atoms with van der Waals surface area (Å²) < 4.78 is 0. The van der Waals surface area contributed by atoms with Gasteiger partial charge in [0, 0.05) is 0 Å². The van der Waals surface area contributed by atoms with Gasteiger partial charge in [-0.2, -0.15) is 0 Å². The second-order valence-electron chi connectivity index (χ2n) is 3.74. The van der Waals surface area contributed by atoms with Crippen molar-refractivity contribution >= 4 is 21.0 Å². The van der Waals surface area contributed by atoms with Crippen LogP contribution in [0.5, 0.6) is 0 Å². The molecular formula is C8H20ClP. The molecule has 0 N–H and O–H groups in total. The van der Waals surface area contributed by atoms with E-state index in [0.29, 0.717) is 5.41 Å². The molecule has 0 aromatic carbocycles. The summed E-state index contributed by atoms with van der Waals surface area (Å²) in [7, 11) is 1.18. The first-order valence-electron chi connectivity index (χ1n) is 3.77. The van der Waals surface area contributed by atoms with Crippen LogP contribution < -0.4 is 0 Å². The Morgan fingerprint density at radius 3 is 2.00 bits per heavy atom. The van der Waals surface area contributed by atoms with Crippen LogP contribution in [0.25, 0.3) is 0 Å². The van der Waals surface area contributed by atoms with E-state index in [4.69, 9.17) is 0 Å². The van der Waals surface area contributed by atoms with Crippen LogP contribution in [-0.2, 0) is 0 Å². The summed E-state index contributed by atoms with van der Waals surface area (Å²) >= 11 is 0. The second kappa shape index (κ2) is 6.43. The van der Waals surface area contributed by atoms with E-state index in [9.17, 15) is 0 Å². The van der Waals surface area contributed by atoms with Crippen molar-refractivity contribution in [1.29, 1.82) is 0 Å². The van der Waals surface area contributed by atoms with Gasteiger partial charge in [0.15, 0.2) is 0 Å². The maximum Gasteiger partial charge on any atom is -0.0304 e. The first-order valence-corrected chi connectivity index (χ1v) is 5.18. The van der Waals surface area contributed by atoms with Gasteiger partial charge in [-0.25, -0.2) is 0 Å². The minimum absolute atomic E-state index is 0. The fourth-order valence-corrected chi connectivity index (χ4v) is 1.92. The molecule has 0 nitrogen and oxygen atoms in total. The lowest BCUT2D eigenvalue weighted by molar-refractivity contribution is 0.478. The normalized spacial score (nSPS) is 12.0. The Bertz CT molecular complexity index is 66.1.